The number of carbonyl (C=O) groups is 3. The Balaban J connectivity index is 1.30. The van der Waals surface area contributed by atoms with E-state index in [-0.39, 0.29) is 36.1 Å². The van der Waals surface area contributed by atoms with Gasteiger partial charge in [0.15, 0.2) is 0 Å². The van der Waals surface area contributed by atoms with E-state index in [1.165, 1.54) is 30.6 Å². The van der Waals surface area contributed by atoms with Gasteiger partial charge < -0.3 is 5.32 Å². The van der Waals surface area contributed by atoms with Gasteiger partial charge in [-0.2, -0.15) is 0 Å². The monoisotopic (exact) mass is 412 g/mol. The van der Waals surface area contributed by atoms with Crippen molar-refractivity contribution in [2.24, 2.45) is 17.8 Å². The summed E-state index contributed by atoms with van der Waals surface area (Å²) in [6, 6.07) is 7.95. The molecule has 2 saturated carbocycles. The highest BCUT2D eigenvalue weighted by molar-refractivity contribution is 8.18. The molecule has 6 heteroatoms. The number of amides is 3. The van der Waals surface area contributed by atoms with Gasteiger partial charge in [-0.15, -0.1) is 0 Å². The number of aryl methyl sites for hydroxylation is 1. The Hall–Kier alpha value is -2.08. The molecular weight excluding hydrogens is 384 g/mol. The van der Waals surface area contributed by atoms with Crippen molar-refractivity contribution < 1.29 is 14.4 Å². The smallest absolute Gasteiger partial charge is 0.293 e. The lowest BCUT2D eigenvalue weighted by Gasteiger charge is -2.28. The Labute approximate surface area is 176 Å². The predicted octanol–water partition coefficient (Wildman–Crippen LogP) is 4.36. The zero-order chi connectivity index (χ0) is 20.5. The van der Waals surface area contributed by atoms with E-state index in [4.69, 9.17) is 0 Å². The molecule has 3 fully saturated rings. The van der Waals surface area contributed by atoms with Gasteiger partial charge >= 0.3 is 0 Å². The number of nitrogens with one attached hydrogen (secondary N) is 1. The fraction of sp³-hybridized carbons (Fsp3) is 0.522. The van der Waals surface area contributed by atoms with Gasteiger partial charge in [-0.3, -0.25) is 19.3 Å². The molecule has 2 aliphatic carbocycles. The van der Waals surface area contributed by atoms with Crippen molar-refractivity contribution in [1.82, 2.24) is 10.2 Å². The molecule has 1 saturated heterocycles. The number of benzene rings is 1. The molecule has 3 aliphatic rings. The Bertz CT molecular complexity index is 865. The van der Waals surface area contributed by atoms with E-state index in [9.17, 15) is 14.4 Å². The zero-order valence-electron chi connectivity index (χ0n) is 17.0. The minimum atomic E-state index is -0.310. The lowest BCUT2D eigenvalue weighted by atomic mass is 9.84. The second-order valence-corrected chi connectivity index (χ2v) is 9.69. The van der Waals surface area contributed by atoms with Crippen molar-refractivity contribution in [3.63, 3.8) is 0 Å². The van der Waals surface area contributed by atoms with Gasteiger partial charge in [-0.25, -0.2) is 0 Å². The van der Waals surface area contributed by atoms with E-state index in [1.807, 2.05) is 31.2 Å². The van der Waals surface area contributed by atoms with E-state index in [0.717, 1.165) is 34.7 Å². The van der Waals surface area contributed by atoms with E-state index in [2.05, 4.69) is 12.2 Å². The fourth-order valence-electron chi connectivity index (χ4n) is 5.16. The van der Waals surface area contributed by atoms with Gasteiger partial charge in [-0.05, 0) is 74.3 Å². The van der Waals surface area contributed by atoms with E-state index in [1.54, 1.807) is 6.08 Å². The lowest BCUT2D eigenvalue weighted by Crippen LogP contribution is -2.41. The number of thioether (sulfide) groups is 1. The molecule has 1 aliphatic heterocycles. The van der Waals surface area contributed by atoms with Crippen molar-refractivity contribution in [2.45, 2.75) is 52.0 Å². The minimum absolute atomic E-state index is 0.0815. The number of nitrogens with zero attached hydrogens (tertiary/aromatic N) is 1. The summed E-state index contributed by atoms with van der Waals surface area (Å²) in [6.45, 7) is 4.21. The second kappa shape index (κ2) is 8.34. The van der Waals surface area contributed by atoms with Crippen LogP contribution in [0.25, 0.3) is 6.08 Å². The molecule has 1 N–H and O–H groups in total. The Kier molecular flexibility index (Phi) is 5.81. The molecule has 1 aromatic rings. The van der Waals surface area contributed by atoms with E-state index in [0.29, 0.717) is 10.8 Å². The maximum absolute atomic E-state index is 12.6. The number of hydrogen-bond donors (Lipinski definition) is 1. The SMILES string of the molecule is Cc1cccc(C=C2SC(=O)N(CCC(=O)NC(C)C3CC4CCC3C4)C2=O)c1. The molecule has 0 aromatic heterocycles. The molecule has 0 radical (unpaired) electrons. The molecule has 2 bridgehead atoms. The van der Waals surface area contributed by atoms with Gasteiger partial charge in [0.1, 0.15) is 0 Å². The standard InChI is InChI=1S/C23H28N2O3S/c1-14-4-3-5-16(10-14)13-20-22(27)25(23(28)29-20)9-8-21(26)24-15(2)19-12-17-6-7-18(19)11-17/h3-5,10,13,15,17-19H,6-9,11-12H2,1-2H3,(H,24,26). The van der Waals surface area contributed by atoms with Gasteiger partial charge in [0, 0.05) is 19.0 Å². The van der Waals surface area contributed by atoms with E-state index < -0.39 is 0 Å². The quantitative estimate of drug-likeness (QED) is 0.705. The molecule has 4 unspecified atom stereocenters. The summed E-state index contributed by atoms with van der Waals surface area (Å²) < 4.78 is 0. The first-order valence-corrected chi connectivity index (χ1v) is 11.3. The average molecular weight is 413 g/mol. The van der Waals surface area contributed by atoms with E-state index >= 15 is 0 Å². The normalized spacial score (nSPS) is 28.4. The molecule has 4 rings (SSSR count). The highest BCUT2D eigenvalue weighted by Gasteiger charge is 2.42. The number of carbonyl (C=O) groups excluding carboxylic acids is 3. The van der Waals surface area contributed by atoms with Crippen molar-refractivity contribution in [3.8, 4) is 0 Å². The molecule has 1 aromatic carbocycles. The zero-order valence-corrected chi connectivity index (χ0v) is 17.8. The summed E-state index contributed by atoms with van der Waals surface area (Å²) in [5, 5.41) is 2.81. The van der Waals surface area contributed by atoms with Crippen LogP contribution in [0.4, 0.5) is 4.79 Å². The Morgan fingerprint density at radius 1 is 1.31 bits per heavy atom. The molecule has 0 spiro atoms. The third kappa shape index (κ3) is 4.42. The van der Waals surface area contributed by atoms with Gasteiger partial charge in [0.05, 0.1) is 4.91 Å². The number of rotatable bonds is 6. The van der Waals surface area contributed by atoms with Crippen molar-refractivity contribution in [3.05, 3.63) is 40.3 Å². The largest absolute Gasteiger partial charge is 0.353 e. The predicted molar refractivity (Wildman–Crippen MR) is 115 cm³/mol. The minimum Gasteiger partial charge on any atom is -0.353 e. The van der Waals surface area contributed by atoms with Gasteiger partial charge in [0.2, 0.25) is 5.91 Å². The van der Waals surface area contributed by atoms with Crippen LogP contribution in [0.2, 0.25) is 0 Å². The van der Waals surface area contributed by atoms with Crippen LogP contribution in [-0.2, 0) is 9.59 Å². The highest BCUT2D eigenvalue weighted by atomic mass is 32.2. The second-order valence-electron chi connectivity index (χ2n) is 8.69. The summed E-state index contributed by atoms with van der Waals surface area (Å²) in [5.41, 5.74) is 1.99. The molecule has 5 nitrogen and oxygen atoms in total. The van der Waals surface area contributed by atoms with Crippen LogP contribution in [0.1, 0.15) is 50.2 Å². The highest BCUT2D eigenvalue weighted by Crippen LogP contribution is 2.49. The molecule has 154 valence electrons. The van der Waals surface area contributed by atoms with Gasteiger partial charge in [-0.1, -0.05) is 36.2 Å². The van der Waals surface area contributed by atoms with Crippen LogP contribution >= 0.6 is 11.8 Å². The Morgan fingerprint density at radius 2 is 2.14 bits per heavy atom. The molecule has 4 atom stereocenters. The Morgan fingerprint density at radius 3 is 2.83 bits per heavy atom. The first-order valence-electron chi connectivity index (χ1n) is 10.5. The summed E-state index contributed by atoms with van der Waals surface area (Å²) in [6.07, 6.45) is 7.07. The molecule has 3 amide bonds. The van der Waals surface area contributed by atoms with Crippen LogP contribution in [0, 0.1) is 24.7 Å². The van der Waals surface area contributed by atoms with Crippen molar-refractivity contribution in [2.75, 3.05) is 6.54 Å². The fourth-order valence-corrected chi connectivity index (χ4v) is 6.02. The maximum Gasteiger partial charge on any atom is 0.293 e. The van der Waals surface area contributed by atoms with Crippen molar-refractivity contribution in [1.29, 1.82) is 0 Å². The van der Waals surface area contributed by atoms with Crippen LogP contribution in [0.3, 0.4) is 0 Å². The maximum atomic E-state index is 12.6. The first-order chi connectivity index (χ1) is 13.9. The van der Waals surface area contributed by atoms with Crippen LogP contribution < -0.4 is 5.32 Å². The average Bonchev–Trinajstić information content (AvgIpc) is 3.36. The summed E-state index contributed by atoms with van der Waals surface area (Å²) in [4.78, 5) is 38.9. The molecular formula is C23H28N2O3S. The first kappa shape index (κ1) is 20.2. The summed E-state index contributed by atoms with van der Waals surface area (Å²) in [5.74, 6) is 1.78. The third-order valence-corrected chi connectivity index (χ3v) is 7.51. The number of fused-ring (bicyclic) bond motifs is 2. The molecule has 29 heavy (non-hydrogen) atoms. The number of imide groups is 1. The summed E-state index contributed by atoms with van der Waals surface area (Å²) >= 11 is 0.943. The van der Waals surface area contributed by atoms with Crippen LogP contribution in [0.15, 0.2) is 29.2 Å². The number of hydrogen-bond acceptors (Lipinski definition) is 4. The van der Waals surface area contributed by atoms with Crippen molar-refractivity contribution >= 4 is 34.9 Å². The summed E-state index contributed by atoms with van der Waals surface area (Å²) in [7, 11) is 0. The van der Waals surface area contributed by atoms with Gasteiger partial charge in [0.25, 0.3) is 11.1 Å². The van der Waals surface area contributed by atoms with Crippen LogP contribution in [0.5, 0.6) is 0 Å². The molecule has 1 heterocycles. The topological polar surface area (TPSA) is 66.5 Å². The lowest BCUT2D eigenvalue weighted by molar-refractivity contribution is -0.124. The third-order valence-electron chi connectivity index (χ3n) is 6.60. The van der Waals surface area contributed by atoms with Crippen LogP contribution in [-0.4, -0.2) is 34.5 Å².